The monoisotopic (exact) mass is 1520 g/mol. The first-order valence-corrected chi connectivity index (χ1v) is 61.8. The summed E-state index contributed by atoms with van der Waals surface area (Å²) in [4.78, 5) is 0. The van der Waals surface area contributed by atoms with Crippen LogP contribution in [0.15, 0.2) is 0 Å². The Hall–Kier alpha value is 2.33. The van der Waals surface area contributed by atoms with Gasteiger partial charge in [0.25, 0.3) is 0 Å². The van der Waals surface area contributed by atoms with Gasteiger partial charge in [0.15, 0.2) is 0 Å². The van der Waals surface area contributed by atoms with Crippen molar-refractivity contribution in [3.05, 3.63) is 0 Å². The van der Waals surface area contributed by atoms with E-state index in [-0.39, 0.29) is 48.4 Å². The highest BCUT2D eigenvalue weighted by molar-refractivity contribution is 7.00. The van der Waals surface area contributed by atoms with E-state index in [1.54, 1.807) is 33.3 Å². The predicted molar refractivity (Wildman–Crippen MR) is 325 cm³/mol. The van der Waals surface area contributed by atoms with Crippen LogP contribution in [-0.4, -0.2) is 271 Å². The van der Waals surface area contributed by atoms with E-state index in [0.717, 1.165) is 6.04 Å². The molecule has 0 spiro atoms. The number of rotatable bonds is 34. The van der Waals surface area contributed by atoms with Gasteiger partial charge in [-0.05, 0) is 0 Å². The summed E-state index contributed by atoms with van der Waals surface area (Å²) in [5.74, 6) is 0. The summed E-state index contributed by atoms with van der Waals surface area (Å²) in [5, 5.41) is 0. The summed E-state index contributed by atoms with van der Waals surface area (Å²) in [6, 6.07) is 1.54. The van der Waals surface area contributed by atoms with Gasteiger partial charge >= 0.3 is 142 Å². The van der Waals surface area contributed by atoms with Crippen molar-refractivity contribution in [2.75, 3.05) is 121 Å². The molecule has 34 nitrogen and oxygen atoms in total. The quantitative estimate of drug-likeness (QED) is 0.0836. The molecule has 6 heterocycles. The first-order valence-electron chi connectivity index (χ1n) is 26.9. The number of hydrogen-bond donors (Lipinski definition) is 0. The molecule has 500 valence electrons. The van der Waals surface area contributed by atoms with E-state index in [2.05, 4.69) is 19.6 Å². The molecular formula is C34H92O34Si17. The fourth-order valence-corrected chi connectivity index (χ4v) is 88.8. The average molecular weight is 1520 g/mol. The molecule has 0 amide bonds. The third-order valence-corrected chi connectivity index (χ3v) is 79.8. The van der Waals surface area contributed by atoms with Gasteiger partial charge in [0.1, 0.15) is 0 Å². The molecule has 8 bridgehead atoms. The maximum atomic E-state index is 7.26. The van der Waals surface area contributed by atoms with Gasteiger partial charge in [0, 0.05) is 210 Å². The molecule has 0 aromatic heterocycles. The predicted octanol–water partition coefficient (Wildman–Crippen LogP) is 2.71. The molecule has 0 aromatic carbocycles. The van der Waals surface area contributed by atoms with Crippen molar-refractivity contribution in [2.45, 2.75) is 106 Å². The Balaban J connectivity index is 1.41. The minimum atomic E-state index is -4.83. The number of fused-ring (bicyclic) bond motifs is 8. The van der Waals surface area contributed by atoms with E-state index in [0.29, 0.717) is 6.04 Å². The van der Waals surface area contributed by atoms with Crippen molar-refractivity contribution in [3.63, 3.8) is 0 Å². The fourth-order valence-electron chi connectivity index (χ4n) is 10.1. The van der Waals surface area contributed by atoms with Gasteiger partial charge < -0.3 is 145 Å². The Bertz CT molecular complexity index is 2170. The van der Waals surface area contributed by atoms with E-state index >= 15 is 0 Å². The Kier molecular flexibility index (Phi) is 25.7. The summed E-state index contributed by atoms with van der Waals surface area (Å²) < 4.78 is 222. The Morgan fingerprint density at radius 2 is 0.541 bits per heavy atom. The second-order valence-corrected chi connectivity index (χ2v) is 74.5. The highest BCUT2D eigenvalue weighted by Crippen LogP contribution is 2.51. The van der Waals surface area contributed by atoms with Gasteiger partial charge in [-0.15, -0.1) is 0 Å². The van der Waals surface area contributed by atoms with E-state index in [1.165, 1.54) is 114 Å². The maximum Gasteiger partial charge on any atom is 0.656 e. The summed E-state index contributed by atoms with van der Waals surface area (Å²) in [5.41, 5.74) is 0. The lowest BCUT2D eigenvalue weighted by Crippen LogP contribution is -2.84. The summed E-state index contributed by atoms with van der Waals surface area (Å²) >= 11 is 0. The third-order valence-electron chi connectivity index (χ3n) is 14.6. The van der Waals surface area contributed by atoms with E-state index in [1.807, 2.05) is 0 Å². The standard InChI is InChI=1S/C34H92O34Si17/c1-35-74(36-2,37-3)27-31-79(47-13)54-72(23)57-82(34-29-76(41-7,42-8)43-9)58-73(24,62-84(50-16,61-72)66-79)63-85(51-17,68-82)65-77(44-10,45-11)30-32-80(48-14)53-71(22)56-81(33-28-75(38-4,39-5)40-6)55-70(21,59-83(49-15,60-71)67-80)52-78(46-12,64-81)26-25-69(18,19)20/h25-34H2,1-24H3. The van der Waals surface area contributed by atoms with Crippen molar-refractivity contribution in [1.29, 1.82) is 0 Å². The van der Waals surface area contributed by atoms with Crippen LogP contribution in [0.2, 0.25) is 106 Å². The Morgan fingerprint density at radius 3 is 0.835 bits per heavy atom. The summed E-state index contributed by atoms with van der Waals surface area (Å²) in [7, 11) is -42.7. The zero-order valence-electron chi connectivity index (χ0n) is 53.5. The van der Waals surface area contributed by atoms with Crippen LogP contribution in [0.1, 0.15) is 0 Å². The van der Waals surface area contributed by atoms with E-state index in [4.69, 9.17) is 145 Å². The minimum Gasteiger partial charge on any atom is -0.378 e. The van der Waals surface area contributed by atoms with Crippen molar-refractivity contribution in [2.24, 2.45) is 0 Å². The topological polar surface area (TPSA) is 314 Å². The van der Waals surface area contributed by atoms with Crippen molar-refractivity contribution >= 4 is 150 Å². The smallest absolute Gasteiger partial charge is 0.378 e. The third kappa shape index (κ3) is 16.9. The number of hydrogen-bond acceptors (Lipinski definition) is 34. The molecule has 0 radical (unpaired) electrons. The van der Waals surface area contributed by atoms with Crippen molar-refractivity contribution in [1.82, 2.24) is 0 Å². The summed E-state index contributed by atoms with van der Waals surface area (Å²) in [6.07, 6.45) is 0. The molecule has 0 aromatic rings. The zero-order chi connectivity index (χ0) is 63.6. The van der Waals surface area contributed by atoms with Gasteiger partial charge in [0.05, 0.1) is 0 Å². The minimum absolute atomic E-state index is 0.0632. The Labute approximate surface area is 518 Å². The lowest BCUT2D eigenvalue weighted by atomic mass is 10.9. The first-order chi connectivity index (χ1) is 39.6. The van der Waals surface area contributed by atoms with Crippen LogP contribution >= 0.6 is 0 Å². The van der Waals surface area contributed by atoms with Crippen molar-refractivity contribution < 1.29 is 145 Å². The normalized spacial score (nSPS) is 39.2. The zero-order valence-corrected chi connectivity index (χ0v) is 70.5. The van der Waals surface area contributed by atoms with E-state index < -0.39 is 150 Å². The van der Waals surface area contributed by atoms with Crippen LogP contribution in [0.25, 0.3) is 0 Å². The van der Waals surface area contributed by atoms with Gasteiger partial charge in [-0.25, -0.2) is 0 Å². The van der Waals surface area contributed by atoms with Crippen LogP contribution in [0.4, 0.5) is 0 Å². The molecule has 12 unspecified atom stereocenters. The second-order valence-electron chi connectivity index (χ2n) is 21.4. The fraction of sp³-hybridized carbons (Fsp3) is 1.00. The molecule has 12 atom stereocenters. The highest BCUT2D eigenvalue weighted by Gasteiger charge is 2.82. The molecule has 85 heavy (non-hydrogen) atoms. The molecule has 6 saturated heterocycles. The lowest BCUT2D eigenvalue weighted by Gasteiger charge is -2.57. The maximum absolute atomic E-state index is 7.26. The molecular weight excluding hydrogens is 1430 g/mol. The van der Waals surface area contributed by atoms with Crippen LogP contribution in [0.3, 0.4) is 0 Å². The molecule has 6 aliphatic heterocycles. The molecule has 0 saturated carbocycles. The van der Waals surface area contributed by atoms with Gasteiger partial charge in [-0.1, -0.05) is 25.7 Å². The molecule has 6 fully saturated rings. The second kappa shape index (κ2) is 28.6. The summed E-state index contributed by atoms with van der Waals surface area (Å²) in [6.45, 7) is 13.3. The molecule has 0 N–H and O–H groups in total. The van der Waals surface area contributed by atoms with Gasteiger partial charge in [-0.3, -0.25) is 0 Å². The first kappa shape index (κ1) is 76.3. The van der Waals surface area contributed by atoms with Crippen LogP contribution in [0, 0.1) is 0 Å². The Morgan fingerprint density at radius 1 is 0.259 bits per heavy atom. The van der Waals surface area contributed by atoms with Gasteiger partial charge in [0.2, 0.25) is 0 Å². The van der Waals surface area contributed by atoms with Gasteiger partial charge in [-0.2, -0.15) is 0 Å². The molecule has 0 aliphatic carbocycles. The molecule has 6 rings (SSSR count). The SMILES string of the molecule is CO[Si](CC[Si]12O[Si](C)(O[Si](CC[Si](C)(C)C)(OC)O1)O[Si]1(OC)O[Si](C)(O2)O[Si](CC[Si](OC)(OC)O[Si]2(OC)O[Si]3(C)O[Si](CC[Si](OC)(OC)OC)(O[Si]4(C)O[Si](CC[Si](OC)(OC)OC)(OC)O[Si](OC)(O4)O3)O2)(OC)O1)(OC)OC. The van der Waals surface area contributed by atoms with Crippen LogP contribution in [0.5, 0.6) is 0 Å². The highest BCUT2D eigenvalue weighted by atomic mass is 28.6. The van der Waals surface area contributed by atoms with Crippen molar-refractivity contribution in [3.8, 4) is 0 Å². The lowest BCUT2D eigenvalue weighted by molar-refractivity contribution is -0.0577. The average Bonchev–Trinajstić information content (AvgIpc) is 0.953. The van der Waals surface area contributed by atoms with E-state index in [9.17, 15) is 0 Å². The molecule has 6 aliphatic rings. The largest absolute Gasteiger partial charge is 0.656 e. The van der Waals surface area contributed by atoms with Crippen LogP contribution in [-0.2, 0) is 145 Å². The molecule has 51 heteroatoms. The van der Waals surface area contributed by atoms with Crippen LogP contribution < -0.4 is 0 Å².